The van der Waals surface area contributed by atoms with Crippen LogP contribution in [-0.4, -0.2) is 25.3 Å². The van der Waals surface area contributed by atoms with Crippen molar-refractivity contribution in [3.05, 3.63) is 29.8 Å². The number of rotatable bonds is 1. The van der Waals surface area contributed by atoms with E-state index in [0.717, 1.165) is 38.6 Å². The van der Waals surface area contributed by atoms with Crippen LogP contribution in [0.25, 0.3) is 0 Å². The van der Waals surface area contributed by atoms with Crippen LogP contribution in [0.2, 0.25) is 0 Å². The lowest BCUT2D eigenvalue weighted by Gasteiger charge is -2.32. The van der Waals surface area contributed by atoms with E-state index in [0.29, 0.717) is 5.69 Å². The van der Waals surface area contributed by atoms with Crippen LogP contribution in [0.4, 0.5) is 18.9 Å². The lowest BCUT2D eigenvalue weighted by Crippen LogP contribution is -2.37. The molecule has 5 heteroatoms. The topological polar surface area (TPSA) is 15.8 Å². The van der Waals surface area contributed by atoms with E-state index in [-0.39, 0.29) is 5.60 Å². The van der Waals surface area contributed by atoms with Gasteiger partial charge in [-0.15, -0.1) is 0 Å². The number of piperidine rings is 1. The van der Waals surface area contributed by atoms with E-state index in [2.05, 4.69) is 0 Å². The Morgan fingerprint density at radius 2 is 1.83 bits per heavy atom. The molecule has 2 nitrogen and oxygen atoms in total. The fourth-order valence-electron chi connectivity index (χ4n) is 2.44. The standard InChI is InChI=1S/C13H14F3NO/c14-13(15,16)10-2-1-3-11(8-10)17-6-4-12(5-7-17)9-18-12/h1-3,8H,4-7,9H2. The number of benzene rings is 1. The maximum Gasteiger partial charge on any atom is 0.416 e. The summed E-state index contributed by atoms with van der Waals surface area (Å²) in [7, 11) is 0. The summed E-state index contributed by atoms with van der Waals surface area (Å²) < 4.78 is 43.3. The van der Waals surface area contributed by atoms with Gasteiger partial charge < -0.3 is 9.64 Å². The van der Waals surface area contributed by atoms with Gasteiger partial charge in [0, 0.05) is 18.8 Å². The van der Waals surface area contributed by atoms with Crippen molar-refractivity contribution in [3.63, 3.8) is 0 Å². The molecule has 2 aliphatic heterocycles. The highest BCUT2D eigenvalue weighted by atomic mass is 19.4. The fourth-order valence-corrected chi connectivity index (χ4v) is 2.44. The summed E-state index contributed by atoms with van der Waals surface area (Å²) in [4.78, 5) is 2.00. The number of nitrogens with zero attached hydrogens (tertiary/aromatic N) is 1. The predicted molar refractivity (Wildman–Crippen MR) is 61.6 cm³/mol. The minimum Gasteiger partial charge on any atom is -0.371 e. The maximum atomic E-state index is 12.6. The van der Waals surface area contributed by atoms with Gasteiger partial charge in [-0.3, -0.25) is 0 Å². The molecule has 2 aliphatic rings. The average molecular weight is 257 g/mol. The summed E-state index contributed by atoms with van der Waals surface area (Å²) in [6, 6.07) is 5.54. The van der Waals surface area contributed by atoms with Crippen LogP contribution in [-0.2, 0) is 10.9 Å². The molecule has 2 fully saturated rings. The van der Waals surface area contributed by atoms with Gasteiger partial charge in [0.2, 0.25) is 0 Å². The van der Waals surface area contributed by atoms with Gasteiger partial charge in [-0.25, -0.2) is 0 Å². The summed E-state index contributed by atoms with van der Waals surface area (Å²) in [6.45, 7) is 2.34. The molecular weight excluding hydrogens is 243 g/mol. The SMILES string of the molecule is FC(F)(F)c1cccc(N2CCC3(CC2)CO3)c1. The minimum absolute atomic E-state index is 0.0537. The Bertz CT molecular complexity index is 444. The third-order valence-corrected chi connectivity index (χ3v) is 3.77. The van der Waals surface area contributed by atoms with Crippen molar-refractivity contribution < 1.29 is 17.9 Å². The highest BCUT2D eigenvalue weighted by Gasteiger charge is 2.46. The number of alkyl halides is 3. The van der Waals surface area contributed by atoms with E-state index < -0.39 is 11.7 Å². The zero-order chi connectivity index (χ0) is 12.8. The van der Waals surface area contributed by atoms with Crippen molar-refractivity contribution in [2.75, 3.05) is 24.6 Å². The number of ether oxygens (including phenoxy) is 1. The van der Waals surface area contributed by atoms with Gasteiger partial charge in [0.1, 0.15) is 0 Å². The largest absolute Gasteiger partial charge is 0.416 e. The van der Waals surface area contributed by atoms with Gasteiger partial charge in [-0.1, -0.05) is 6.07 Å². The summed E-state index contributed by atoms with van der Waals surface area (Å²) in [6.07, 6.45) is -2.46. The Morgan fingerprint density at radius 1 is 1.17 bits per heavy atom. The summed E-state index contributed by atoms with van der Waals surface area (Å²) >= 11 is 0. The predicted octanol–water partition coefficient (Wildman–Crippen LogP) is 3.07. The van der Waals surface area contributed by atoms with E-state index in [1.165, 1.54) is 12.1 Å². The van der Waals surface area contributed by atoms with Crippen molar-refractivity contribution >= 4 is 5.69 Å². The van der Waals surface area contributed by atoms with Gasteiger partial charge in [0.05, 0.1) is 17.8 Å². The third kappa shape index (κ3) is 2.19. The second-order valence-corrected chi connectivity index (χ2v) is 5.01. The molecule has 0 amide bonds. The number of anilines is 1. The summed E-state index contributed by atoms with van der Waals surface area (Å²) in [5.74, 6) is 0. The number of hydrogen-bond donors (Lipinski definition) is 0. The molecule has 2 heterocycles. The van der Waals surface area contributed by atoms with Crippen LogP contribution >= 0.6 is 0 Å². The van der Waals surface area contributed by atoms with E-state index >= 15 is 0 Å². The second-order valence-electron chi connectivity index (χ2n) is 5.01. The minimum atomic E-state index is -4.27. The molecule has 0 saturated carbocycles. The van der Waals surface area contributed by atoms with Gasteiger partial charge in [0.15, 0.2) is 0 Å². The fraction of sp³-hybridized carbons (Fsp3) is 0.538. The molecule has 0 aromatic heterocycles. The van der Waals surface area contributed by atoms with E-state index in [1.807, 2.05) is 4.90 Å². The molecule has 1 spiro atoms. The molecule has 0 bridgehead atoms. The Labute approximate surface area is 103 Å². The van der Waals surface area contributed by atoms with Crippen molar-refractivity contribution in [1.29, 1.82) is 0 Å². The van der Waals surface area contributed by atoms with Crippen molar-refractivity contribution in [2.45, 2.75) is 24.6 Å². The molecule has 0 atom stereocenters. The van der Waals surface area contributed by atoms with Gasteiger partial charge >= 0.3 is 6.18 Å². The number of halogens is 3. The van der Waals surface area contributed by atoms with E-state index in [9.17, 15) is 13.2 Å². The first kappa shape index (κ1) is 11.8. The molecule has 98 valence electrons. The van der Waals surface area contributed by atoms with Gasteiger partial charge in [-0.05, 0) is 31.0 Å². The molecule has 3 rings (SSSR count). The highest BCUT2D eigenvalue weighted by Crippen LogP contribution is 2.39. The van der Waals surface area contributed by atoms with Crippen LogP contribution < -0.4 is 4.90 Å². The van der Waals surface area contributed by atoms with Gasteiger partial charge in [0.25, 0.3) is 0 Å². The van der Waals surface area contributed by atoms with Crippen LogP contribution in [0.5, 0.6) is 0 Å². The van der Waals surface area contributed by atoms with E-state index in [4.69, 9.17) is 4.74 Å². The quantitative estimate of drug-likeness (QED) is 0.719. The van der Waals surface area contributed by atoms with Crippen molar-refractivity contribution in [1.82, 2.24) is 0 Å². The highest BCUT2D eigenvalue weighted by molar-refractivity contribution is 5.49. The van der Waals surface area contributed by atoms with Crippen LogP contribution in [0, 0.1) is 0 Å². The Kier molecular flexibility index (Phi) is 2.55. The molecular formula is C13H14F3NO. The first-order chi connectivity index (χ1) is 8.49. The zero-order valence-corrected chi connectivity index (χ0v) is 9.83. The molecule has 0 N–H and O–H groups in total. The lowest BCUT2D eigenvalue weighted by molar-refractivity contribution is -0.137. The molecule has 18 heavy (non-hydrogen) atoms. The van der Waals surface area contributed by atoms with Crippen LogP contribution in [0.1, 0.15) is 18.4 Å². The molecule has 2 saturated heterocycles. The number of hydrogen-bond acceptors (Lipinski definition) is 2. The average Bonchev–Trinajstić information content (AvgIpc) is 3.09. The smallest absolute Gasteiger partial charge is 0.371 e. The number of epoxide rings is 1. The monoisotopic (exact) mass is 257 g/mol. The first-order valence-electron chi connectivity index (χ1n) is 6.05. The van der Waals surface area contributed by atoms with Crippen LogP contribution in [0.15, 0.2) is 24.3 Å². The first-order valence-corrected chi connectivity index (χ1v) is 6.05. The van der Waals surface area contributed by atoms with Crippen molar-refractivity contribution in [3.8, 4) is 0 Å². The Hall–Kier alpha value is -1.23. The van der Waals surface area contributed by atoms with E-state index in [1.54, 1.807) is 6.07 Å². The lowest BCUT2D eigenvalue weighted by atomic mass is 9.97. The summed E-state index contributed by atoms with van der Waals surface area (Å²) in [5, 5.41) is 0. The van der Waals surface area contributed by atoms with Gasteiger partial charge in [-0.2, -0.15) is 13.2 Å². The molecule has 1 aromatic rings. The molecule has 1 aromatic carbocycles. The maximum absolute atomic E-state index is 12.6. The Balaban J connectivity index is 1.76. The molecule has 0 unspecified atom stereocenters. The second kappa shape index (κ2) is 3.88. The van der Waals surface area contributed by atoms with Crippen molar-refractivity contribution in [2.24, 2.45) is 0 Å². The molecule has 0 radical (unpaired) electrons. The normalized spacial score (nSPS) is 22.3. The van der Waals surface area contributed by atoms with Crippen LogP contribution in [0.3, 0.4) is 0 Å². The summed E-state index contributed by atoms with van der Waals surface area (Å²) in [5.41, 5.74) is 0.126. The zero-order valence-electron chi connectivity index (χ0n) is 9.83. The Morgan fingerprint density at radius 3 is 2.39 bits per heavy atom. The third-order valence-electron chi connectivity index (χ3n) is 3.77. The molecule has 0 aliphatic carbocycles.